The molecule has 10 heteroatoms. The molecule has 0 aliphatic heterocycles. The van der Waals surface area contributed by atoms with Crippen LogP contribution in [-0.2, 0) is 0 Å². The molecular weight excluding hydrogens is 465 g/mol. The van der Waals surface area contributed by atoms with E-state index in [0.717, 1.165) is 12.0 Å². The number of carbonyl (C=O) groups excluding carboxylic acids is 1. The third-order valence-corrected chi connectivity index (χ3v) is 5.49. The molecule has 0 saturated carbocycles. The van der Waals surface area contributed by atoms with Crippen LogP contribution in [0.15, 0.2) is 53.6 Å². The van der Waals surface area contributed by atoms with Gasteiger partial charge in [-0.3, -0.25) is 9.59 Å². The minimum atomic E-state index is -0.455. The summed E-state index contributed by atoms with van der Waals surface area (Å²) >= 11 is 12.2. The molecule has 3 aromatic rings. The molecule has 2 aromatic heterocycles. The van der Waals surface area contributed by atoms with Gasteiger partial charge < -0.3 is 19.9 Å². The van der Waals surface area contributed by atoms with E-state index < -0.39 is 11.5 Å². The van der Waals surface area contributed by atoms with Crippen molar-refractivity contribution in [1.29, 1.82) is 0 Å². The summed E-state index contributed by atoms with van der Waals surface area (Å²) in [5.74, 6) is 0.508. The number of unbranched alkanes of at least 4 members (excludes halogenated alkanes) is 1. The van der Waals surface area contributed by atoms with Gasteiger partial charge >= 0.3 is 0 Å². The average molecular weight is 490 g/mol. The lowest BCUT2D eigenvalue weighted by Gasteiger charge is -2.17. The molecule has 1 unspecified atom stereocenters. The number of methoxy groups -OCH3 is 1. The Morgan fingerprint density at radius 1 is 1.12 bits per heavy atom. The molecule has 1 amide bonds. The molecule has 2 heterocycles. The van der Waals surface area contributed by atoms with E-state index in [2.05, 4.69) is 20.6 Å². The zero-order valence-corrected chi connectivity index (χ0v) is 19.9. The lowest BCUT2D eigenvalue weighted by atomic mass is 10.1. The number of amides is 1. The van der Waals surface area contributed by atoms with Crippen LogP contribution in [0.4, 0.5) is 5.95 Å². The summed E-state index contributed by atoms with van der Waals surface area (Å²) < 4.78 is 6.52. The first-order valence-electron chi connectivity index (χ1n) is 10.5. The van der Waals surface area contributed by atoms with Crippen molar-refractivity contribution < 1.29 is 9.53 Å². The van der Waals surface area contributed by atoms with Crippen molar-refractivity contribution >= 4 is 35.1 Å². The van der Waals surface area contributed by atoms with Gasteiger partial charge in [0.25, 0.3) is 11.5 Å². The Bertz CT molecular complexity index is 1150. The Kier molecular flexibility index (Phi) is 8.68. The Morgan fingerprint density at radius 3 is 2.58 bits per heavy atom. The molecule has 0 saturated heterocycles. The number of rotatable bonds is 10. The smallest absolute Gasteiger partial charge is 0.264 e. The number of nitrogens with one attached hydrogen (secondary N) is 2. The minimum Gasteiger partial charge on any atom is -0.481 e. The highest BCUT2D eigenvalue weighted by atomic mass is 35.5. The maximum atomic E-state index is 13.0. The fourth-order valence-electron chi connectivity index (χ4n) is 3.21. The Morgan fingerprint density at radius 2 is 1.85 bits per heavy atom. The summed E-state index contributed by atoms with van der Waals surface area (Å²) in [4.78, 5) is 33.9. The maximum absolute atomic E-state index is 13.0. The third kappa shape index (κ3) is 6.69. The first kappa shape index (κ1) is 24.5. The van der Waals surface area contributed by atoms with Gasteiger partial charge in [0.1, 0.15) is 5.56 Å². The molecule has 174 valence electrons. The van der Waals surface area contributed by atoms with Crippen molar-refractivity contribution in [3.05, 3.63) is 80.3 Å². The van der Waals surface area contributed by atoms with Crippen LogP contribution in [0.1, 0.15) is 41.7 Å². The van der Waals surface area contributed by atoms with E-state index in [-0.39, 0.29) is 11.6 Å². The summed E-state index contributed by atoms with van der Waals surface area (Å²) in [5, 5.41) is 6.81. The molecule has 1 aromatic carbocycles. The minimum absolute atomic E-state index is 0.00576. The number of anilines is 1. The Hall–Kier alpha value is -3.10. The van der Waals surface area contributed by atoms with E-state index in [1.165, 1.54) is 16.8 Å². The van der Waals surface area contributed by atoms with Crippen LogP contribution in [-0.4, -0.2) is 40.6 Å². The van der Waals surface area contributed by atoms with E-state index in [9.17, 15) is 9.59 Å². The zero-order chi connectivity index (χ0) is 23.8. The highest BCUT2D eigenvalue weighted by Gasteiger charge is 2.17. The number of halogens is 2. The predicted octanol–water partition coefficient (Wildman–Crippen LogP) is 4.19. The third-order valence-electron chi connectivity index (χ3n) is 5.04. The standard InChI is InChI=1S/C23H25Cl2N5O3/c1-15(16-5-7-17(24)8-6-16)30-14-18(25)13-19(22(30)32)21(31)26-10-3-4-11-27-23-28-12-9-20(29-23)33-2/h5-9,12-15H,3-4,10-11H2,1-2H3,(H,26,31)(H,27,28,29). The summed E-state index contributed by atoms with van der Waals surface area (Å²) in [5.41, 5.74) is 0.477. The second-order valence-electron chi connectivity index (χ2n) is 7.32. The van der Waals surface area contributed by atoms with Crippen molar-refractivity contribution in [3.63, 3.8) is 0 Å². The molecule has 0 fully saturated rings. The number of ether oxygens (including phenoxy) is 1. The molecule has 0 spiro atoms. The van der Waals surface area contributed by atoms with Crippen LogP contribution in [0, 0.1) is 0 Å². The van der Waals surface area contributed by atoms with Crippen molar-refractivity contribution in [2.45, 2.75) is 25.8 Å². The van der Waals surface area contributed by atoms with Gasteiger partial charge in [0.05, 0.1) is 18.2 Å². The monoisotopic (exact) mass is 489 g/mol. The van der Waals surface area contributed by atoms with Crippen LogP contribution >= 0.6 is 23.2 Å². The van der Waals surface area contributed by atoms with Gasteiger partial charge in [0, 0.05) is 36.6 Å². The quantitative estimate of drug-likeness (QED) is 0.414. The number of aromatic nitrogens is 3. The lowest BCUT2D eigenvalue weighted by Crippen LogP contribution is -2.34. The average Bonchev–Trinajstić information content (AvgIpc) is 2.82. The van der Waals surface area contributed by atoms with E-state index in [4.69, 9.17) is 27.9 Å². The zero-order valence-electron chi connectivity index (χ0n) is 18.3. The molecule has 3 rings (SSSR count). The van der Waals surface area contributed by atoms with E-state index >= 15 is 0 Å². The summed E-state index contributed by atoms with van der Waals surface area (Å²) in [6.07, 6.45) is 4.62. The number of hydrogen-bond donors (Lipinski definition) is 2. The van der Waals surface area contributed by atoms with Crippen molar-refractivity contribution in [2.75, 3.05) is 25.5 Å². The molecule has 0 aliphatic carbocycles. The van der Waals surface area contributed by atoms with Crippen molar-refractivity contribution in [1.82, 2.24) is 19.9 Å². The van der Waals surface area contributed by atoms with Crippen LogP contribution in [0.25, 0.3) is 0 Å². The fourth-order valence-corrected chi connectivity index (χ4v) is 3.55. The second-order valence-corrected chi connectivity index (χ2v) is 8.20. The molecule has 0 radical (unpaired) electrons. The Labute approximate surface area is 201 Å². The maximum Gasteiger partial charge on any atom is 0.264 e. The summed E-state index contributed by atoms with van der Waals surface area (Å²) in [6, 6.07) is 9.93. The van der Waals surface area contributed by atoms with Gasteiger partial charge in [-0.1, -0.05) is 35.3 Å². The van der Waals surface area contributed by atoms with Crippen LogP contribution in [0.5, 0.6) is 5.88 Å². The van der Waals surface area contributed by atoms with E-state index in [1.807, 2.05) is 19.1 Å². The molecule has 8 nitrogen and oxygen atoms in total. The fraction of sp³-hybridized carbons (Fsp3) is 0.304. The van der Waals surface area contributed by atoms with Gasteiger partial charge in [-0.25, -0.2) is 4.98 Å². The highest BCUT2D eigenvalue weighted by Crippen LogP contribution is 2.20. The van der Waals surface area contributed by atoms with Gasteiger partial charge in [-0.2, -0.15) is 4.98 Å². The van der Waals surface area contributed by atoms with E-state index in [1.54, 1.807) is 31.5 Å². The van der Waals surface area contributed by atoms with Gasteiger partial charge in [0.15, 0.2) is 0 Å². The van der Waals surface area contributed by atoms with E-state index in [0.29, 0.717) is 41.4 Å². The number of hydrogen-bond acceptors (Lipinski definition) is 6. The Balaban J connectivity index is 1.55. The van der Waals surface area contributed by atoms with Crippen molar-refractivity contribution in [2.24, 2.45) is 0 Å². The largest absolute Gasteiger partial charge is 0.481 e. The summed E-state index contributed by atoms with van der Waals surface area (Å²) in [7, 11) is 1.54. The van der Waals surface area contributed by atoms with Gasteiger partial charge in [-0.15, -0.1) is 0 Å². The molecule has 2 N–H and O–H groups in total. The normalized spacial score (nSPS) is 11.6. The van der Waals surface area contributed by atoms with Crippen LogP contribution in [0.3, 0.4) is 0 Å². The first-order chi connectivity index (χ1) is 15.9. The topological polar surface area (TPSA) is 98.1 Å². The SMILES string of the molecule is COc1ccnc(NCCCCNC(=O)c2cc(Cl)cn(C(C)c3ccc(Cl)cc3)c2=O)n1. The molecule has 0 bridgehead atoms. The number of pyridine rings is 1. The van der Waals surface area contributed by atoms with Crippen molar-refractivity contribution in [3.8, 4) is 5.88 Å². The predicted molar refractivity (Wildman–Crippen MR) is 130 cm³/mol. The lowest BCUT2D eigenvalue weighted by molar-refractivity contribution is 0.0951. The number of carbonyl (C=O) groups is 1. The van der Waals surface area contributed by atoms with Crippen LogP contribution in [0.2, 0.25) is 10.0 Å². The molecule has 0 aliphatic rings. The second kappa shape index (κ2) is 11.7. The summed E-state index contributed by atoms with van der Waals surface area (Å²) in [6.45, 7) is 2.91. The number of benzene rings is 1. The molecule has 33 heavy (non-hydrogen) atoms. The molecule has 1 atom stereocenters. The van der Waals surface area contributed by atoms with Gasteiger partial charge in [-0.05, 0) is 43.5 Å². The molecular formula is C23H25Cl2N5O3. The van der Waals surface area contributed by atoms with Gasteiger partial charge in [0.2, 0.25) is 11.8 Å². The number of nitrogens with zero attached hydrogens (tertiary/aromatic N) is 3. The highest BCUT2D eigenvalue weighted by molar-refractivity contribution is 6.31. The van der Waals surface area contributed by atoms with Crippen LogP contribution < -0.4 is 20.9 Å². The first-order valence-corrected chi connectivity index (χ1v) is 11.2.